The van der Waals surface area contributed by atoms with Crippen molar-refractivity contribution in [3.63, 3.8) is 0 Å². The van der Waals surface area contributed by atoms with Crippen LogP contribution in [0.15, 0.2) is 18.5 Å². The number of carbonyl (C=O) groups excluding carboxylic acids is 1. The quantitative estimate of drug-likeness (QED) is 0.761. The number of nitrogens with zero attached hydrogens (tertiary/aromatic N) is 1. The zero-order chi connectivity index (χ0) is 14.1. The van der Waals surface area contributed by atoms with Gasteiger partial charge in [0, 0.05) is 25.1 Å². The zero-order valence-electron chi connectivity index (χ0n) is 11.1. The lowest BCUT2D eigenvalue weighted by Gasteiger charge is -2.15. The van der Waals surface area contributed by atoms with Crippen molar-refractivity contribution in [2.75, 3.05) is 20.3 Å². The molecule has 0 aromatic carbocycles. The van der Waals surface area contributed by atoms with E-state index < -0.39 is 0 Å². The number of aliphatic hydroxyl groups is 1. The molecule has 5 heteroatoms. The molecule has 5 nitrogen and oxygen atoms in total. The SMILES string of the molecule is CCC(COC)NC(=O)c1cncc(C#CCO)c1. The molecule has 0 spiro atoms. The molecule has 0 fully saturated rings. The molecular formula is C14H18N2O3. The van der Waals surface area contributed by atoms with Gasteiger partial charge in [0.2, 0.25) is 0 Å². The Kier molecular flexibility index (Phi) is 6.58. The highest BCUT2D eigenvalue weighted by molar-refractivity contribution is 5.94. The number of methoxy groups -OCH3 is 1. The number of carbonyl (C=O) groups is 1. The molecule has 1 aromatic heterocycles. The predicted octanol–water partition coefficient (Wildman–Crippen LogP) is 0.580. The summed E-state index contributed by atoms with van der Waals surface area (Å²) in [5.74, 6) is 5.03. The summed E-state index contributed by atoms with van der Waals surface area (Å²) in [5.41, 5.74) is 1.04. The van der Waals surface area contributed by atoms with E-state index in [-0.39, 0.29) is 18.6 Å². The van der Waals surface area contributed by atoms with Crippen LogP contribution in [-0.2, 0) is 4.74 Å². The Hall–Kier alpha value is -1.90. The maximum atomic E-state index is 12.0. The minimum absolute atomic E-state index is 0.0234. The van der Waals surface area contributed by atoms with E-state index in [1.54, 1.807) is 19.4 Å². The topological polar surface area (TPSA) is 71.5 Å². The molecular weight excluding hydrogens is 244 g/mol. The summed E-state index contributed by atoms with van der Waals surface area (Å²) in [6.45, 7) is 2.23. The van der Waals surface area contributed by atoms with E-state index in [0.717, 1.165) is 6.42 Å². The summed E-state index contributed by atoms with van der Waals surface area (Å²) < 4.78 is 5.03. The summed E-state index contributed by atoms with van der Waals surface area (Å²) in [7, 11) is 1.60. The number of amides is 1. The lowest BCUT2D eigenvalue weighted by molar-refractivity contribution is 0.0894. The highest BCUT2D eigenvalue weighted by Crippen LogP contribution is 2.03. The van der Waals surface area contributed by atoms with Crippen molar-refractivity contribution < 1.29 is 14.6 Å². The Labute approximate surface area is 113 Å². The van der Waals surface area contributed by atoms with E-state index in [0.29, 0.717) is 17.7 Å². The molecule has 2 N–H and O–H groups in total. The van der Waals surface area contributed by atoms with Crippen LogP contribution in [0.25, 0.3) is 0 Å². The number of pyridine rings is 1. The summed E-state index contributed by atoms with van der Waals surface area (Å²) in [6, 6.07) is 1.62. The van der Waals surface area contributed by atoms with E-state index in [4.69, 9.17) is 9.84 Å². The van der Waals surface area contributed by atoms with E-state index in [9.17, 15) is 4.79 Å². The molecule has 0 radical (unpaired) electrons. The Morgan fingerprint density at radius 2 is 2.37 bits per heavy atom. The second kappa shape index (κ2) is 8.25. The maximum Gasteiger partial charge on any atom is 0.253 e. The van der Waals surface area contributed by atoms with Gasteiger partial charge in [-0.05, 0) is 12.5 Å². The third-order valence-corrected chi connectivity index (χ3v) is 2.51. The fourth-order valence-corrected chi connectivity index (χ4v) is 1.51. The number of nitrogens with one attached hydrogen (secondary N) is 1. The number of aliphatic hydroxyl groups excluding tert-OH is 1. The maximum absolute atomic E-state index is 12.0. The molecule has 0 bridgehead atoms. The van der Waals surface area contributed by atoms with Crippen molar-refractivity contribution in [2.24, 2.45) is 0 Å². The highest BCUT2D eigenvalue weighted by Gasteiger charge is 2.12. The van der Waals surface area contributed by atoms with Gasteiger partial charge < -0.3 is 15.2 Å². The van der Waals surface area contributed by atoms with Crippen LogP contribution in [0, 0.1) is 11.8 Å². The summed E-state index contributed by atoms with van der Waals surface area (Å²) in [4.78, 5) is 16.0. The number of hydrogen-bond acceptors (Lipinski definition) is 4. The van der Waals surface area contributed by atoms with Crippen molar-refractivity contribution in [1.29, 1.82) is 0 Å². The summed E-state index contributed by atoms with van der Waals surface area (Å²) in [6.07, 6.45) is 3.82. The van der Waals surface area contributed by atoms with Crippen molar-refractivity contribution in [2.45, 2.75) is 19.4 Å². The Morgan fingerprint density at radius 3 is 3.00 bits per heavy atom. The van der Waals surface area contributed by atoms with E-state index in [1.807, 2.05) is 6.92 Å². The van der Waals surface area contributed by atoms with Gasteiger partial charge in [0.15, 0.2) is 0 Å². The van der Waals surface area contributed by atoms with E-state index in [2.05, 4.69) is 22.1 Å². The summed E-state index contributed by atoms with van der Waals surface area (Å²) >= 11 is 0. The number of aromatic nitrogens is 1. The fraction of sp³-hybridized carbons (Fsp3) is 0.429. The van der Waals surface area contributed by atoms with Crippen LogP contribution in [-0.4, -0.2) is 42.4 Å². The second-order valence-corrected chi connectivity index (χ2v) is 3.96. The van der Waals surface area contributed by atoms with Gasteiger partial charge in [0.25, 0.3) is 5.91 Å². The van der Waals surface area contributed by atoms with Crippen molar-refractivity contribution in [3.05, 3.63) is 29.6 Å². The lowest BCUT2D eigenvalue weighted by atomic mass is 10.1. The third kappa shape index (κ3) is 5.08. The molecule has 19 heavy (non-hydrogen) atoms. The number of rotatable bonds is 5. The molecule has 0 aliphatic carbocycles. The third-order valence-electron chi connectivity index (χ3n) is 2.51. The molecule has 1 unspecified atom stereocenters. The average Bonchev–Trinajstić information content (AvgIpc) is 2.44. The van der Waals surface area contributed by atoms with Gasteiger partial charge in [-0.3, -0.25) is 9.78 Å². The van der Waals surface area contributed by atoms with E-state index >= 15 is 0 Å². The smallest absolute Gasteiger partial charge is 0.253 e. The Balaban J connectivity index is 2.76. The van der Waals surface area contributed by atoms with Crippen LogP contribution in [0.4, 0.5) is 0 Å². The molecule has 0 aliphatic heterocycles. The summed E-state index contributed by atoms with van der Waals surface area (Å²) in [5, 5.41) is 11.5. The molecule has 0 aliphatic rings. The fourth-order valence-electron chi connectivity index (χ4n) is 1.51. The van der Waals surface area contributed by atoms with Crippen LogP contribution in [0.3, 0.4) is 0 Å². The largest absolute Gasteiger partial charge is 0.384 e. The average molecular weight is 262 g/mol. The van der Waals surface area contributed by atoms with Gasteiger partial charge in [-0.25, -0.2) is 0 Å². The molecule has 1 amide bonds. The van der Waals surface area contributed by atoms with Crippen LogP contribution in [0.1, 0.15) is 29.3 Å². The number of hydrogen-bond donors (Lipinski definition) is 2. The molecule has 102 valence electrons. The minimum Gasteiger partial charge on any atom is -0.384 e. The van der Waals surface area contributed by atoms with Gasteiger partial charge in [0.1, 0.15) is 6.61 Å². The van der Waals surface area contributed by atoms with Gasteiger partial charge >= 0.3 is 0 Å². The molecule has 1 rings (SSSR count). The monoisotopic (exact) mass is 262 g/mol. The predicted molar refractivity (Wildman–Crippen MR) is 71.6 cm³/mol. The molecule has 1 aromatic rings. The molecule has 0 saturated carbocycles. The van der Waals surface area contributed by atoms with Crippen LogP contribution < -0.4 is 5.32 Å². The van der Waals surface area contributed by atoms with Crippen molar-refractivity contribution >= 4 is 5.91 Å². The highest BCUT2D eigenvalue weighted by atomic mass is 16.5. The Bertz CT molecular complexity index is 477. The first-order valence-electron chi connectivity index (χ1n) is 6.05. The number of ether oxygens (including phenoxy) is 1. The van der Waals surface area contributed by atoms with Crippen molar-refractivity contribution in [3.8, 4) is 11.8 Å². The zero-order valence-corrected chi connectivity index (χ0v) is 11.1. The normalized spacial score (nSPS) is 11.3. The van der Waals surface area contributed by atoms with Gasteiger partial charge in [-0.1, -0.05) is 18.8 Å². The van der Waals surface area contributed by atoms with Crippen LogP contribution in [0.5, 0.6) is 0 Å². The first-order valence-corrected chi connectivity index (χ1v) is 6.05. The van der Waals surface area contributed by atoms with Gasteiger partial charge in [-0.15, -0.1) is 0 Å². The van der Waals surface area contributed by atoms with Crippen LogP contribution in [0.2, 0.25) is 0 Å². The van der Waals surface area contributed by atoms with Gasteiger partial charge in [0.05, 0.1) is 18.2 Å². The van der Waals surface area contributed by atoms with Crippen molar-refractivity contribution in [1.82, 2.24) is 10.3 Å². The van der Waals surface area contributed by atoms with E-state index in [1.165, 1.54) is 6.20 Å². The second-order valence-electron chi connectivity index (χ2n) is 3.96. The molecule has 1 atom stereocenters. The minimum atomic E-state index is -0.220. The standard InChI is InChI=1S/C14H18N2O3/c1-3-13(10-19-2)16-14(18)12-7-11(5-4-6-17)8-15-9-12/h7-9,13,17H,3,6,10H2,1-2H3,(H,16,18). The lowest BCUT2D eigenvalue weighted by Crippen LogP contribution is -2.37. The Morgan fingerprint density at radius 1 is 1.58 bits per heavy atom. The first kappa shape index (κ1) is 15.2. The first-order chi connectivity index (χ1) is 9.21. The molecule has 1 heterocycles. The van der Waals surface area contributed by atoms with Gasteiger partial charge in [-0.2, -0.15) is 0 Å². The van der Waals surface area contributed by atoms with Crippen LogP contribution >= 0.6 is 0 Å². The molecule has 0 saturated heterocycles.